The van der Waals surface area contributed by atoms with Gasteiger partial charge in [0.1, 0.15) is 19.8 Å². The van der Waals surface area contributed by atoms with Crippen molar-refractivity contribution in [2.45, 2.75) is 13.5 Å². The van der Waals surface area contributed by atoms with Gasteiger partial charge in [0.25, 0.3) is 5.89 Å². The Kier molecular flexibility index (Phi) is 3.56. The van der Waals surface area contributed by atoms with Crippen LogP contribution in [0.5, 0.6) is 0 Å². The molecule has 1 aromatic heterocycles. The summed E-state index contributed by atoms with van der Waals surface area (Å²) in [5.74, 6) is 0.543. The zero-order valence-corrected chi connectivity index (χ0v) is 10.3. The van der Waals surface area contributed by atoms with E-state index in [1.54, 1.807) is 14.0 Å². The Balaban J connectivity index is 1.74. The van der Waals surface area contributed by atoms with E-state index in [1.807, 2.05) is 0 Å². The minimum absolute atomic E-state index is 0.0733. The lowest BCUT2D eigenvalue weighted by Gasteiger charge is -2.14. The molecule has 2 heterocycles. The van der Waals surface area contributed by atoms with Crippen molar-refractivity contribution >= 4 is 11.8 Å². The van der Waals surface area contributed by atoms with Gasteiger partial charge in [-0.2, -0.15) is 4.98 Å². The molecule has 8 heteroatoms. The molecule has 0 atom stereocenters. The highest BCUT2D eigenvalue weighted by molar-refractivity contribution is 5.88. The topological polar surface area (TPSA) is 88.8 Å². The molecule has 18 heavy (non-hydrogen) atoms. The van der Waals surface area contributed by atoms with Crippen LogP contribution in [-0.2, 0) is 20.9 Å². The molecule has 0 aromatic carbocycles. The number of aromatic nitrogens is 2. The Bertz CT molecular complexity index is 458. The van der Waals surface area contributed by atoms with Gasteiger partial charge in [-0.1, -0.05) is 5.16 Å². The summed E-state index contributed by atoms with van der Waals surface area (Å²) >= 11 is 0. The SMILES string of the molecule is Cc1noc(COCC(=O)N2CC(=O)N(C)C2)n1. The molecule has 1 fully saturated rings. The van der Waals surface area contributed by atoms with Crippen LogP contribution < -0.4 is 0 Å². The first-order valence-electron chi connectivity index (χ1n) is 5.45. The first-order valence-corrected chi connectivity index (χ1v) is 5.45. The lowest BCUT2D eigenvalue weighted by molar-refractivity contribution is -0.136. The predicted octanol–water partition coefficient (Wildman–Crippen LogP) is -0.847. The summed E-state index contributed by atoms with van der Waals surface area (Å²) in [6, 6.07) is 0. The van der Waals surface area contributed by atoms with Gasteiger partial charge in [0.15, 0.2) is 5.82 Å². The Morgan fingerprint density at radius 2 is 2.33 bits per heavy atom. The summed E-state index contributed by atoms with van der Waals surface area (Å²) in [6.45, 7) is 2.09. The first kappa shape index (κ1) is 12.5. The van der Waals surface area contributed by atoms with Gasteiger partial charge in [0.05, 0.1) is 6.67 Å². The molecule has 0 radical (unpaired) electrons. The zero-order valence-electron chi connectivity index (χ0n) is 10.3. The number of likely N-dealkylation sites (N-methyl/N-ethyl adjacent to an activating group) is 1. The van der Waals surface area contributed by atoms with Gasteiger partial charge in [-0.05, 0) is 6.92 Å². The normalized spacial score (nSPS) is 15.6. The van der Waals surface area contributed by atoms with Gasteiger partial charge >= 0.3 is 0 Å². The minimum Gasteiger partial charge on any atom is -0.362 e. The predicted molar refractivity (Wildman–Crippen MR) is 58.0 cm³/mol. The molecule has 1 aliphatic heterocycles. The molecule has 1 aromatic rings. The quantitative estimate of drug-likeness (QED) is 0.695. The van der Waals surface area contributed by atoms with Crippen LogP contribution in [0.15, 0.2) is 4.52 Å². The van der Waals surface area contributed by atoms with Crippen LogP contribution in [0.25, 0.3) is 0 Å². The van der Waals surface area contributed by atoms with Crippen molar-refractivity contribution in [3.05, 3.63) is 11.7 Å². The van der Waals surface area contributed by atoms with Crippen molar-refractivity contribution < 1.29 is 18.8 Å². The van der Waals surface area contributed by atoms with E-state index in [-0.39, 0.29) is 31.6 Å². The molecule has 0 saturated carbocycles. The molecule has 1 saturated heterocycles. The standard InChI is InChI=1S/C10H14N4O4/c1-7-11-8(18-12-7)4-17-5-10(16)14-3-9(15)13(2)6-14/h3-6H2,1-2H3. The lowest BCUT2D eigenvalue weighted by atomic mass is 10.5. The molecule has 2 amide bonds. The van der Waals surface area contributed by atoms with Gasteiger partial charge in [0, 0.05) is 7.05 Å². The fourth-order valence-electron chi connectivity index (χ4n) is 1.55. The van der Waals surface area contributed by atoms with Crippen molar-refractivity contribution in [3.63, 3.8) is 0 Å². The third-order valence-electron chi connectivity index (χ3n) is 2.51. The molecular weight excluding hydrogens is 240 g/mol. The van der Waals surface area contributed by atoms with Crippen molar-refractivity contribution in [3.8, 4) is 0 Å². The monoisotopic (exact) mass is 254 g/mol. The molecule has 0 aliphatic carbocycles. The summed E-state index contributed by atoms with van der Waals surface area (Å²) in [6.07, 6.45) is 0. The summed E-state index contributed by atoms with van der Waals surface area (Å²) in [5, 5.41) is 3.60. The third-order valence-corrected chi connectivity index (χ3v) is 2.51. The van der Waals surface area contributed by atoms with E-state index in [0.717, 1.165) is 0 Å². The number of amides is 2. The fourth-order valence-corrected chi connectivity index (χ4v) is 1.55. The first-order chi connectivity index (χ1) is 8.56. The van der Waals surface area contributed by atoms with E-state index in [9.17, 15) is 9.59 Å². The summed E-state index contributed by atoms with van der Waals surface area (Å²) in [5.41, 5.74) is 0. The van der Waals surface area contributed by atoms with E-state index >= 15 is 0 Å². The Labute approximate surface area is 103 Å². The molecule has 98 valence electrons. The van der Waals surface area contributed by atoms with Crippen LogP contribution in [0.4, 0.5) is 0 Å². The summed E-state index contributed by atoms with van der Waals surface area (Å²) < 4.78 is 9.99. The van der Waals surface area contributed by atoms with Gasteiger partial charge in [0.2, 0.25) is 11.8 Å². The number of ether oxygens (including phenoxy) is 1. The maximum atomic E-state index is 11.7. The van der Waals surface area contributed by atoms with Crippen LogP contribution in [0.3, 0.4) is 0 Å². The van der Waals surface area contributed by atoms with E-state index in [1.165, 1.54) is 9.80 Å². The number of aryl methyl sites for hydroxylation is 1. The highest BCUT2D eigenvalue weighted by atomic mass is 16.5. The molecule has 0 N–H and O–H groups in total. The number of hydrogen-bond acceptors (Lipinski definition) is 6. The van der Waals surface area contributed by atoms with Crippen molar-refractivity contribution in [2.75, 3.05) is 26.9 Å². The van der Waals surface area contributed by atoms with Crippen molar-refractivity contribution in [1.29, 1.82) is 0 Å². The molecule has 1 aliphatic rings. The van der Waals surface area contributed by atoms with E-state index < -0.39 is 0 Å². The van der Waals surface area contributed by atoms with Gasteiger partial charge in [-0.3, -0.25) is 9.59 Å². The molecule has 8 nitrogen and oxygen atoms in total. The summed E-state index contributed by atoms with van der Waals surface area (Å²) in [4.78, 5) is 29.8. The third kappa shape index (κ3) is 2.83. The number of carbonyl (C=O) groups is 2. The maximum absolute atomic E-state index is 11.7. The highest BCUT2D eigenvalue weighted by Crippen LogP contribution is 2.05. The summed E-state index contributed by atoms with van der Waals surface area (Å²) in [7, 11) is 1.65. The molecule has 2 rings (SSSR count). The second kappa shape index (κ2) is 5.13. The molecule has 0 bridgehead atoms. The fraction of sp³-hybridized carbons (Fsp3) is 0.600. The minimum atomic E-state index is -0.232. The van der Waals surface area contributed by atoms with Crippen LogP contribution in [0, 0.1) is 6.92 Å². The number of rotatable bonds is 4. The highest BCUT2D eigenvalue weighted by Gasteiger charge is 2.27. The van der Waals surface area contributed by atoms with Crippen molar-refractivity contribution in [2.24, 2.45) is 0 Å². The largest absolute Gasteiger partial charge is 0.362 e. The van der Waals surface area contributed by atoms with Gasteiger partial charge < -0.3 is 19.1 Å². The van der Waals surface area contributed by atoms with Crippen LogP contribution in [0.2, 0.25) is 0 Å². The van der Waals surface area contributed by atoms with Crippen LogP contribution >= 0.6 is 0 Å². The zero-order chi connectivity index (χ0) is 13.1. The number of hydrogen-bond donors (Lipinski definition) is 0. The molecular formula is C10H14N4O4. The smallest absolute Gasteiger partial charge is 0.252 e. The second-order valence-corrected chi connectivity index (χ2v) is 4.05. The molecule has 0 spiro atoms. The van der Waals surface area contributed by atoms with E-state index in [0.29, 0.717) is 18.4 Å². The number of carbonyl (C=O) groups excluding carboxylic acids is 2. The molecule has 0 unspecified atom stereocenters. The average Bonchev–Trinajstić information content (AvgIpc) is 2.87. The van der Waals surface area contributed by atoms with Crippen molar-refractivity contribution in [1.82, 2.24) is 19.9 Å². The van der Waals surface area contributed by atoms with Crippen LogP contribution in [-0.4, -0.2) is 58.6 Å². The lowest BCUT2D eigenvalue weighted by Crippen LogP contribution is -2.33. The Hall–Kier alpha value is -1.96. The second-order valence-electron chi connectivity index (χ2n) is 4.05. The Morgan fingerprint density at radius 3 is 2.89 bits per heavy atom. The Morgan fingerprint density at radius 1 is 1.56 bits per heavy atom. The van der Waals surface area contributed by atoms with Crippen LogP contribution in [0.1, 0.15) is 11.7 Å². The number of nitrogens with zero attached hydrogens (tertiary/aromatic N) is 4. The van der Waals surface area contributed by atoms with E-state index in [2.05, 4.69) is 10.1 Å². The average molecular weight is 254 g/mol. The van der Waals surface area contributed by atoms with Gasteiger partial charge in [-0.25, -0.2) is 0 Å². The van der Waals surface area contributed by atoms with Gasteiger partial charge in [-0.15, -0.1) is 0 Å². The van der Waals surface area contributed by atoms with E-state index in [4.69, 9.17) is 9.26 Å². The maximum Gasteiger partial charge on any atom is 0.252 e.